The Labute approximate surface area is 162 Å². The van der Waals surface area contributed by atoms with Gasteiger partial charge in [0.05, 0.1) is 17.4 Å². The molecule has 0 fully saturated rings. The van der Waals surface area contributed by atoms with Gasteiger partial charge in [-0.15, -0.1) is 5.54 Å². The maximum absolute atomic E-state index is 12.3. The number of aromatic nitrogens is 2. The van der Waals surface area contributed by atoms with Crippen molar-refractivity contribution in [2.75, 3.05) is 0 Å². The molecule has 1 aromatic heterocycles. The van der Waals surface area contributed by atoms with Gasteiger partial charge in [0, 0.05) is 12.6 Å². The first-order valence-corrected chi connectivity index (χ1v) is 12.2. The van der Waals surface area contributed by atoms with E-state index in [0.717, 1.165) is 0 Å². The van der Waals surface area contributed by atoms with Crippen LogP contribution in [0.15, 0.2) is 12.4 Å². The first kappa shape index (κ1) is 22.6. The summed E-state index contributed by atoms with van der Waals surface area (Å²) in [7, 11) is -1.50. The number of rotatable bonds is 3. The van der Waals surface area contributed by atoms with Crippen molar-refractivity contribution < 1.29 is 19.4 Å². The molecule has 8 heteroatoms. The normalized spacial score (nSPS) is 12.0. The van der Waals surface area contributed by atoms with Crippen LogP contribution in [0.1, 0.15) is 46.0 Å². The van der Waals surface area contributed by atoms with Crippen molar-refractivity contribution in [3.63, 3.8) is 0 Å². The van der Waals surface area contributed by atoms with Crippen molar-refractivity contribution >= 4 is 20.3 Å². The average Bonchev–Trinajstić information content (AvgIpc) is 2.42. The topological polar surface area (TPSA) is 92.6 Å². The number of carbonyl (C=O) groups is 2. The van der Waals surface area contributed by atoms with Crippen LogP contribution in [0.25, 0.3) is 0 Å². The Kier molecular flexibility index (Phi) is 6.78. The third-order valence-corrected chi connectivity index (χ3v) is 4.13. The maximum Gasteiger partial charge on any atom is 0.420 e. The Morgan fingerprint density at radius 3 is 2.15 bits per heavy atom. The van der Waals surface area contributed by atoms with Crippen molar-refractivity contribution in [1.29, 1.82) is 0 Å². The lowest BCUT2D eigenvalue weighted by Gasteiger charge is -2.35. The number of nitrogens with zero attached hydrogens (tertiary/aromatic N) is 3. The minimum atomic E-state index is -1.50. The number of carbonyl (C=O) groups excluding carboxylic acids is 1. The average molecular weight is 392 g/mol. The Balaban J connectivity index is 3.00. The lowest BCUT2D eigenvalue weighted by atomic mass is 9.97. The lowest BCUT2D eigenvalue weighted by Crippen LogP contribution is -2.53. The van der Waals surface area contributed by atoms with Crippen molar-refractivity contribution in [1.82, 2.24) is 14.9 Å². The number of hydrogen-bond acceptors (Lipinski definition) is 5. The van der Waals surface area contributed by atoms with Crippen LogP contribution in [0.4, 0.5) is 9.59 Å². The Morgan fingerprint density at radius 1 is 1.15 bits per heavy atom. The van der Waals surface area contributed by atoms with E-state index in [4.69, 9.17) is 4.74 Å². The fourth-order valence-electron chi connectivity index (χ4n) is 2.18. The van der Waals surface area contributed by atoms with Crippen LogP contribution in [-0.4, -0.2) is 51.4 Å². The van der Waals surface area contributed by atoms with E-state index in [9.17, 15) is 14.7 Å². The van der Waals surface area contributed by atoms with Gasteiger partial charge in [0.2, 0.25) is 0 Å². The van der Waals surface area contributed by atoms with Crippen LogP contribution in [0.5, 0.6) is 0 Å². The second-order valence-electron chi connectivity index (χ2n) is 8.98. The third-order valence-electron chi connectivity index (χ3n) is 3.26. The van der Waals surface area contributed by atoms with E-state index in [1.165, 1.54) is 0 Å². The molecule has 0 saturated heterocycles. The van der Waals surface area contributed by atoms with Gasteiger partial charge in [0.25, 0.3) is 0 Å². The zero-order valence-electron chi connectivity index (χ0n) is 17.4. The molecule has 0 spiro atoms. The first-order valence-electron chi connectivity index (χ1n) is 8.71. The Morgan fingerprint density at radius 2 is 1.74 bits per heavy atom. The van der Waals surface area contributed by atoms with Gasteiger partial charge in [-0.05, 0) is 34.6 Å². The van der Waals surface area contributed by atoms with E-state index < -0.39 is 31.4 Å². The second kappa shape index (κ2) is 8.09. The molecule has 1 N–H and O–H groups in total. The highest BCUT2D eigenvalue weighted by Gasteiger charge is 2.39. The van der Waals surface area contributed by atoms with Crippen LogP contribution in [0.3, 0.4) is 0 Å². The lowest BCUT2D eigenvalue weighted by molar-refractivity contribution is 0.00783. The highest BCUT2D eigenvalue weighted by Crippen LogP contribution is 2.23. The van der Waals surface area contributed by atoms with Crippen molar-refractivity contribution in [3.05, 3.63) is 23.8 Å². The van der Waals surface area contributed by atoms with Crippen LogP contribution in [0, 0.1) is 11.5 Å². The number of imide groups is 1. The smallest absolute Gasteiger partial charge is 0.420 e. The van der Waals surface area contributed by atoms with Crippen molar-refractivity contribution in [2.24, 2.45) is 0 Å². The Bertz CT molecular complexity index is 750. The van der Waals surface area contributed by atoms with E-state index >= 15 is 0 Å². The molecule has 1 aromatic rings. The monoisotopic (exact) mass is 391 g/mol. The molecule has 0 aliphatic heterocycles. The van der Waals surface area contributed by atoms with Gasteiger partial charge in [-0.2, -0.15) is 0 Å². The summed E-state index contributed by atoms with van der Waals surface area (Å²) in [4.78, 5) is 33.3. The minimum Gasteiger partial charge on any atom is -0.465 e. The van der Waals surface area contributed by atoms with E-state index in [1.54, 1.807) is 47.0 Å². The molecule has 0 unspecified atom stereocenters. The number of ether oxygens (including phenoxy) is 1. The van der Waals surface area contributed by atoms with Crippen LogP contribution in [0.2, 0.25) is 19.6 Å². The SMILES string of the molecule is CC(C)(C)OC(=O)N(C(=O)O)C(C)(C)Cc1cnc(C#C[Si](C)(C)C)cn1. The predicted molar refractivity (Wildman–Crippen MR) is 106 cm³/mol. The molecular formula is C19H29N3O4Si. The molecule has 0 atom stereocenters. The molecule has 0 radical (unpaired) electrons. The molecule has 0 aromatic carbocycles. The maximum atomic E-state index is 12.3. The second-order valence-corrected chi connectivity index (χ2v) is 13.7. The molecule has 0 aliphatic carbocycles. The van der Waals surface area contributed by atoms with Gasteiger partial charge in [-0.1, -0.05) is 25.6 Å². The van der Waals surface area contributed by atoms with Crippen molar-refractivity contribution in [2.45, 2.75) is 71.8 Å². The summed E-state index contributed by atoms with van der Waals surface area (Å²) >= 11 is 0. The van der Waals surface area contributed by atoms with Gasteiger partial charge in [-0.25, -0.2) is 19.5 Å². The summed E-state index contributed by atoms with van der Waals surface area (Å²) in [6.45, 7) is 14.8. The third kappa shape index (κ3) is 7.79. The molecule has 0 saturated carbocycles. The summed E-state index contributed by atoms with van der Waals surface area (Å²) < 4.78 is 5.22. The number of amides is 2. The largest absolute Gasteiger partial charge is 0.465 e. The first-order chi connectivity index (χ1) is 12.1. The van der Waals surface area contributed by atoms with E-state index in [-0.39, 0.29) is 6.42 Å². The molecule has 148 valence electrons. The molecule has 7 nitrogen and oxygen atoms in total. The van der Waals surface area contributed by atoms with Crippen LogP contribution >= 0.6 is 0 Å². The van der Waals surface area contributed by atoms with Gasteiger partial charge in [0.15, 0.2) is 0 Å². The number of carboxylic acid groups (broad SMARTS) is 1. The standard InChI is InChI=1S/C19H29N3O4Si/c1-18(2,3)26-17(25)22(16(23)24)19(4,5)11-15-13-20-14(12-21-15)9-10-27(6,7)8/h12-13H,11H2,1-8H3,(H,23,24). The van der Waals surface area contributed by atoms with E-state index in [0.29, 0.717) is 16.3 Å². The summed E-state index contributed by atoms with van der Waals surface area (Å²) in [5.74, 6) is 3.02. The number of hydrogen-bond donors (Lipinski definition) is 1. The minimum absolute atomic E-state index is 0.202. The predicted octanol–water partition coefficient (Wildman–Crippen LogP) is 3.94. The van der Waals surface area contributed by atoms with Crippen LogP contribution < -0.4 is 0 Å². The molecule has 1 heterocycles. The fourth-order valence-corrected chi connectivity index (χ4v) is 2.68. The van der Waals surface area contributed by atoms with Crippen molar-refractivity contribution in [3.8, 4) is 11.5 Å². The van der Waals surface area contributed by atoms with Gasteiger partial charge in [-0.3, -0.25) is 4.98 Å². The molecular weight excluding hydrogens is 362 g/mol. The quantitative estimate of drug-likeness (QED) is 0.620. The molecule has 0 bridgehead atoms. The van der Waals surface area contributed by atoms with Gasteiger partial charge >= 0.3 is 12.2 Å². The highest BCUT2D eigenvalue weighted by molar-refractivity contribution is 6.83. The summed E-state index contributed by atoms with van der Waals surface area (Å²) in [6, 6.07) is 0. The molecule has 1 rings (SSSR count). The molecule has 0 aliphatic rings. The fraction of sp³-hybridized carbons (Fsp3) is 0.579. The zero-order chi connectivity index (χ0) is 21.0. The van der Waals surface area contributed by atoms with E-state index in [1.807, 2.05) is 0 Å². The Hall–Kier alpha value is -2.40. The summed E-state index contributed by atoms with van der Waals surface area (Å²) in [6.07, 6.45) is 1.04. The van der Waals surface area contributed by atoms with Gasteiger partial charge < -0.3 is 9.84 Å². The zero-order valence-corrected chi connectivity index (χ0v) is 18.4. The van der Waals surface area contributed by atoms with Gasteiger partial charge in [0.1, 0.15) is 19.4 Å². The highest BCUT2D eigenvalue weighted by atomic mass is 28.3. The summed E-state index contributed by atoms with van der Waals surface area (Å²) in [5, 5.41) is 9.52. The van der Waals surface area contributed by atoms with E-state index in [2.05, 4.69) is 41.1 Å². The molecule has 27 heavy (non-hydrogen) atoms. The summed E-state index contributed by atoms with van der Waals surface area (Å²) in [5.41, 5.74) is 2.49. The van der Waals surface area contributed by atoms with Crippen LogP contribution in [-0.2, 0) is 11.2 Å². The molecule has 2 amide bonds.